The van der Waals surface area contributed by atoms with E-state index in [0.29, 0.717) is 6.54 Å². The van der Waals surface area contributed by atoms with E-state index >= 15 is 0 Å². The molecular weight excluding hydrogens is 248 g/mol. The van der Waals surface area contributed by atoms with Gasteiger partial charge in [0, 0.05) is 24.7 Å². The molecule has 0 radical (unpaired) electrons. The number of amides is 3. The number of carboxylic acid groups (broad SMARTS) is 1. The molecule has 0 aromatic carbocycles. The third-order valence-corrected chi connectivity index (χ3v) is 2.50. The summed E-state index contributed by atoms with van der Waals surface area (Å²) in [5, 5.41) is 10.9. The van der Waals surface area contributed by atoms with Gasteiger partial charge in [0.2, 0.25) is 0 Å². The summed E-state index contributed by atoms with van der Waals surface area (Å²) in [5.74, 6) is -1.87. The summed E-state index contributed by atoms with van der Waals surface area (Å²) in [6.07, 6.45) is 0. The average molecular weight is 270 g/mol. The van der Waals surface area contributed by atoms with Gasteiger partial charge in [-0.05, 0) is 19.3 Å². The highest BCUT2D eigenvalue weighted by Gasteiger charge is 2.20. The number of hydrogen-bond acceptors (Lipinski definition) is 3. The van der Waals surface area contributed by atoms with Gasteiger partial charge in [-0.1, -0.05) is 20.8 Å². The van der Waals surface area contributed by atoms with E-state index in [-0.39, 0.29) is 16.6 Å². The summed E-state index contributed by atoms with van der Waals surface area (Å²) in [6.45, 7) is 9.08. The minimum absolute atomic E-state index is 0.0185. The smallest absolute Gasteiger partial charge is 0.331 e. The number of carbonyl (C=O) groups is 3. The van der Waals surface area contributed by atoms with Gasteiger partial charge in [0.1, 0.15) is 0 Å². The number of hydrogen-bond donors (Lipinski definition) is 2. The van der Waals surface area contributed by atoms with Crippen LogP contribution in [-0.2, 0) is 9.59 Å². The molecule has 2 N–H and O–H groups in total. The van der Waals surface area contributed by atoms with Crippen molar-refractivity contribution < 1.29 is 19.5 Å². The maximum Gasteiger partial charge on any atom is 0.331 e. The molecule has 19 heavy (non-hydrogen) atoms. The first-order chi connectivity index (χ1) is 8.45. The number of carbonyl (C=O) groups excluding carboxylic acids is 2. The molecule has 0 aliphatic carbocycles. The minimum atomic E-state index is -1.18. The van der Waals surface area contributed by atoms with Crippen LogP contribution in [0, 0.1) is 5.41 Å². The topological polar surface area (TPSA) is 86.7 Å². The van der Waals surface area contributed by atoms with Gasteiger partial charge >= 0.3 is 12.0 Å². The molecule has 0 bridgehead atoms. The molecule has 0 saturated carbocycles. The van der Waals surface area contributed by atoms with E-state index in [9.17, 15) is 14.4 Å². The maximum atomic E-state index is 11.8. The van der Waals surface area contributed by atoms with Crippen molar-refractivity contribution >= 4 is 17.9 Å². The van der Waals surface area contributed by atoms with Gasteiger partial charge in [-0.25, -0.2) is 9.59 Å². The standard InChI is InChI=1S/C13H22N2O4/c1-8(9(2)11(17)18)10(16)14-12(19)15(6)7-13(3,4)5/h7H2,1-6H3,(H,17,18)(H,14,16,19). The Morgan fingerprint density at radius 3 is 1.95 bits per heavy atom. The fourth-order valence-electron chi connectivity index (χ4n) is 1.40. The molecule has 0 spiro atoms. The molecule has 0 saturated heterocycles. The van der Waals surface area contributed by atoms with Crippen LogP contribution in [0.15, 0.2) is 11.1 Å². The Balaban J connectivity index is 4.71. The molecule has 6 heteroatoms. The first-order valence-corrected chi connectivity index (χ1v) is 5.93. The molecule has 0 fully saturated rings. The lowest BCUT2D eigenvalue weighted by Crippen LogP contribution is -2.44. The highest BCUT2D eigenvalue weighted by Crippen LogP contribution is 2.14. The Labute approximate surface area is 113 Å². The van der Waals surface area contributed by atoms with E-state index in [2.05, 4.69) is 5.32 Å². The third kappa shape index (κ3) is 6.03. The number of aliphatic carboxylic acids is 1. The number of rotatable bonds is 3. The highest BCUT2D eigenvalue weighted by molar-refractivity contribution is 6.07. The second-order valence-electron chi connectivity index (χ2n) is 5.73. The second-order valence-corrected chi connectivity index (χ2v) is 5.73. The van der Waals surface area contributed by atoms with E-state index in [1.54, 1.807) is 7.05 Å². The summed E-state index contributed by atoms with van der Waals surface area (Å²) in [5.41, 5.74) is -0.148. The Hall–Kier alpha value is -1.85. The van der Waals surface area contributed by atoms with Crippen LogP contribution in [-0.4, -0.2) is 41.5 Å². The molecule has 0 aromatic rings. The van der Waals surface area contributed by atoms with E-state index in [1.807, 2.05) is 20.8 Å². The molecule has 0 heterocycles. The van der Waals surface area contributed by atoms with Crippen LogP contribution in [0.5, 0.6) is 0 Å². The lowest BCUT2D eigenvalue weighted by Gasteiger charge is -2.26. The zero-order valence-corrected chi connectivity index (χ0v) is 12.3. The molecule has 3 amide bonds. The molecule has 0 aromatic heterocycles. The molecule has 6 nitrogen and oxygen atoms in total. The van der Waals surface area contributed by atoms with Crippen LogP contribution in [0.3, 0.4) is 0 Å². The van der Waals surface area contributed by atoms with E-state index < -0.39 is 17.9 Å². The van der Waals surface area contributed by atoms with Crippen LogP contribution in [0.1, 0.15) is 34.6 Å². The van der Waals surface area contributed by atoms with Crippen molar-refractivity contribution in [1.29, 1.82) is 0 Å². The van der Waals surface area contributed by atoms with Crippen molar-refractivity contribution in [3.8, 4) is 0 Å². The maximum absolute atomic E-state index is 11.8. The van der Waals surface area contributed by atoms with Crippen molar-refractivity contribution in [3.05, 3.63) is 11.1 Å². The third-order valence-electron chi connectivity index (χ3n) is 2.50. The van der Waals surface area contributed by atoms with Gasteiger partial charge in [-0.3, -0.25) is 10.1 Å². The van der Waals surface area contributed by atoms with E-state index in [4.69, 9.17) is 5.11 Å². The number of carboxylic acids is 1. The van der Waals surface area contributed by atoms with Crippen molar-refractivity contribution in [2.45, 2.75) is 34.6 Å². The minimum Gasteiger partial charge on any atom is -0.478 e. The predicted octanol–water partition coefficient (Wildman–Crippen LogP) is 1.62. The van der Waals surface area contributed by atoms with Crippen LogP contribution >= 0.6 is 0 Å². The van der Waals surface area contributed by atoms with Crippen molar-refractivity contribution in [2.24, 2.45) is 5.41 Å². The largest absolute Gasteiger partial charge is 0.478 e. The number of nitrogens with one attached hydrogen (secondary N) is 1. The Morgan fingerprint density at radius 1 is 1.11 bits per heavy atom. The Kier molecular flexibility index (Phi) is 5.74. The lowest BCUT2D eigenvalue weighted by molar-refractivity contribution is -0.133. The van der Waals surface area contributed by atoms with Gasteiger partial charge in [0.05, 0.1) is 0 Å². The summed E-state index contributed by atoms with van der Waals surface area (Å²) >= 11 is 0. The predicted molar refractivity (Wildman–Crippen MR) is 71.6 cm³/mol. The van der Waals surface area contributed by atoms with Crippen molar-refractivity contribution in [3.63, 3.8) is 0 Å². The number of nitrogens with zero attached hydrogens (tertiary/aromatic N) is 1. The van der Waals surface area contributed by atoms with Crippen molar-refractivity contribution in [1.82, 2.24) is 10.2 Å². The van der Waals surface area contributed by atoms with Crippen LogP contribution in [0.4, 0.5) is 4.79 Å². The summed E-state index contributed by atoms with van der Waals surface area (Å²) in [4.78, 5) is 35.6. The fraction of sp³-hybridized carbons (Fsp3) is 0.615. The van der Waals surface area contributed by atoms with E-state index in [0.717, 1.165) is 0 Å². The monoisotopic (exact) mass is 270 g/mol. The van der Waals surface area contributed by atoms with Gasteiger partial charge in [-0.15, -0.1) is 0 Å². The first kappa shape index (κ1) is 17.2. The van der Waals surface area contributed by atoms with Gasteiger partial charge < -0.3 is 10.0 Å². The Morgan fingerprint density at radius 2 is 1.58 bits per heavy atom. The van der Waals surface area contributed by atoms with Gasteiger partial charge in [0.15, 0.2) is 0 Å². The second kappa shape index (κ2) is 6.36. The molecule has 108 valence electrons. The normalized spacial score (nSPS) is 12.5. The molecule has 0 aliphatic rings. The quantitative estimate of drug-likeness (QED) is 0.763. The molecule has 0 atom stereocenters. The zero-order chi connectivity index (χ0) is 15.4. The van der Waals surface area contributed by atoms with Gasteiger partial charge in [-0.2, -0.15) is 0 Å². The molecule has 0 rings (SSSR count). The lowest BCUT2D eigenvalue weighted by atomic mass is 9.96. The SMILES string of the molecule is CC(C(=O)O)=C(C)C(=O)NC(=O)N(C)CC(C)(C)C. The van der Waals surface area contributed by atoms with Crippen LogP contribution in [0.2, 0.25) is 0 Å². The number of urea groups is 1. The van der Waals surface area contributed by atoms with Gasteiger partial charge in [0.25, 0.3) is 5.91 Å². The first-order valence-electron chi connectivity index (χ1n) is 5.93. The highest BCUT2D eigenvalue weighted by atomic mass is 16.4. The van der Waals surface area contributed by atoms with E-state index in [1.165, 1.54) is 18.7 Å². The summed E-state index contributed by atoms with van der Waals surface area (Å²) in [7, 11) is 1.58. The molecule has 0 unspecified atom stereocenters. The zero-order valence-electron chi connectivity index (χ0n) is 12.3. The Bertz CT molecular complexity index is 419. The summed E-state index contributed by atoms with van der Waals surface area (Å²) in [6, 6.07) is -0.544. The molecular formula is C13H22N2O4. The van der Waals surface area contributed by atoms with Crippen LogP contribution < -0.4 is 5.32 Å². The summed E-state index contributed by atoms with van der Waals surface area (Å²) < 4.78 is 0. The van der Waals surface area contributed by atoms with Crippen molar-refractivity contribution in [2.75, 3.05) is 13.6 Å². The number of imide groups is 1. The fourth-order valence-corrected chi connectivity index (χ4v) is 1.40. The molecule has 0 aliphatic heterocycles. The average Bonchev–Trinajstić information content (AvgIpc) is 2.24. The van der Waals surface area contributed by atoms with Crippen LogP contribution in [0.25, 0.3) is 0 Å².